The molecule has 0 atom stereocenters. The lowest BCUT2D eigenvalue weighted by Gasteiger charge is -1.98. The molecule has 1 saturated carbocycles. The summed E-state index contributed by atoms with van der Waals surface area (Å²) in [6.07, 6.45) is 10.2. The van der Waals surface area contributed by atoms with Crippen molar-refractivity contribution in [1.82, 2.24) is 9.38 Å². The van der Waals surface area contributed by atoms with E-state index in [1.807, 2.05) is 6.92 Å². The number of allylic oxidation sites excluding steroid dienone is 1. The topological polar surface area (TPSA) is 55.7 Å². The average molecular weight is 254 g/mol. The van der Waals surface area contributed by atoms with E-state index in [-0.39, 0.29) is 0 Å². The lowest BCUT2D eigenvalue weighted by Crippen LogP contribution is -1.87. The largest absolute Gasteiger partial charge is 0.404 e. The molecule has 0 aliphatic heterocycles. The van der Waals surface area contributed by atoms with Crippen molar-refractivity contribution in [3.05, 3.63) is 47.6 Å². The fourth-order valence-corrected chi connectivity index (χ4v) is 2.12. The monoisotopic (exact) mass is 254 g/mol. The molecule has 4 nitrogen and oxygen atoms in total. The van der Waals surface area contributed by atoms with Crippen LogP contribution in [0.5, 0.6) is 0 Å². The highest BCUT2D eigenvalue weighted by atomic mass is 15.0. The zero-order valence-corrected chi connectivity index (χ0v) is 11.1. The SMILES string of the molecule is CC(C=NCc1cn2cc(C3CC3)ccc2n1)=CN. The number of pyridine rings is 1. The van der Waals surface area contributed by atoms with Gasteiger partial charge in [-0.3, -0.25) is 4.99 Å². The molecular formula is C15H18N4. The Balaban J connectivity index is 1.79. The van der Waals surface area contributed by atoms with Gasteiger partial charge in [0.2, 0.25) is 0 Å². The molecule has 0 aromatic carbocycles. The molecule has 4 heteroatoms. The van der Waals surface area contributed by atoms with Crippen LogP contribution >= 0.6 is 0 Å². The molecule has 2 N–H and O–H groups in total. The van der Waals surface area contributed by atoms with E-state index in [2.05, 4.69) is 38.9 Å². The summed E-state index contributed by atoms with van der Waals surface area (Å²) in [7, 11) is 0. The summed E-state index contributed by atoms with van der Waals surface area (Å²) >= 11 is 0. The van der Waals surface area contributed by atoms with Crippen LogP contribution in [0, 0.1) is 0 Å². The second kappa shape index (κ2) is 4.88. The normalized spacial score (nSPS) is 16.6. The molecule has 0 radical (unpaired) electrons. The highest BCUT2D eigenvalue weighted by molar-refractivity contribution is 5.77. The molecule has 19 heavy (non-hydrogen) atoms. The number of imidazole rings is 1. The number of rotatable bonds is 4. The molecule has 3 rings (SSSR count). The molecule has 0 spiro atoms. The van der Waals surface area contributed by atoms with Crippen LogP contribution in [0.4, 0.5) is 0 Å². The van der Waals surface area contributed by atoms with Crippen LogP contribution in [0.2, 0.25) is 0 Å². The maximum Gasteiger partial charge on any atom is 0.137 e. The molecule has 2 aromatic heterocycles. The summed E-state index contributed by atoms with van der Waals surface area (Å²) < 4.78 is 2.10. The maximum atomic E-state index is 5.39. The summed E-state index contributed by atoms with van der Waals surface area (Å²) in [4.78, 5) is 8.88. The zero-order chi connectivity index (χ0) is 13.2. The van der Waals surface area contributed by atoms with Gasteiger partial charge in [0.15, 0.2) is 0 Å². The van der Waals surface area contributed by atoms with Gasteiger partial charge >= 0.3 is 0 Å². The van der Waals surface area contributed by atoms with Crippen LogP contribution in [0.1, 0.15) is 36.9 Å². The molecule has 0 amide bonds. The zero-order valence-electron chi connectivity index (χ0n) is 11.1. The van der Waals surface area contributed by atoms with Gasteiger partial charge in [-0.05, 0) is 49.1 Å². The van der Waals surface area contributed by atoms with Crippen LogP contribution in [0.3, 0.4) is 0 Å². The first-order valence-electron chi connectivity index (χ1n) is 6.62. The van der Waals surface area contributed by atoms with E-state index in [0.717, 1.165) is 22.8 Å². The van der Waals surface area contributed by atoms with Gasteiger partial charge in [-0.2, -0.15) is 0 Å². The minimum absolute atomic E-state index is 0.589. The van der Waals surface area contributed by atoms with E-state index in [1.165, 1.54) is 18.4 Å². The van der Waals surface area contributed by atoms with Gasteiger partial charge in [0.1, 0.15) is 5.65 Å². The van der Waals surface area contributed by atoms with Gasteiger partial charge in [0.25, 0.3) is 0 Å². The predicted octanol–water partition coefficient (Wildman–Crippen LogP) is 2.64. The number of aromatic nitrogens is 2. The van der Waals surface area contributed by atoms with Crippen molar-refractivity contribution in [2.24, 2.45) is 10.7 Å². The van der Waals surface area contributed by atoms with E-state index >= 15 is 0 Å². The summed E-state index contributed by atoms with van der Waals surface area (Å²) in [5.41, 5.74) is 9.73. The Morgan fingerprint density at radius 1 is 1.47 bits per heavy atom. The number of hydrogen-bond acceptors (Lipinski definition) is 3. The first-order valence-corrected chi connectivity index (χ1v) is 6.62. The molecular weight excluding hydrogens is 236 g/mol. The maximum absolute atomic E-state index is 5.39. The van der Waals surface area contributed by atoms with E-state index in [0.29, 0.717) is 6.54 Å². The van der Waals surface area contributed by atoms with Gasteiger partial charge in [-0.25, -0.2) is 4.98 Å². The fraction of sp³-hybridized carbons (Fsp3) is 0.333. The Bertz CT molecular complexity index is 647. The molecule has 1 aliphatic rings. The van der Waals surface area contributed by atoms with Gasteiger partial charge < -0.3 is 10.1 Å². The fourth-order valence-electron chi connectivity index (χ4n) is 2.12. The summed E-state index contributed by atoms with van der Waals surface area (Å²) in [5, 5.41) is 0. The number of hydrogen-bond donors (Lipinski definition) is 1. The van der Waals surface area contributed by atoms with Crippen molar-refractivity contribution >= 4 is 11.9 Å². The minimum atomic E-state index is 0.589. The Morgan fingerprint density at radius 3 is 3.05 bits per heavy atom. The summed E-state index contributed by atoms with van der Waals surface area (Å²) in [6.45, 7) is 2.51. The van der Waals surface area contributed by atoms with Crippen molar-refractivity contribution in [1.29, 1.82) is 0 Å². The molecule has 0 saturated heterocycles. The molecule has 2 heterocycles. The van der Waals surface area contributed by atoms with Crippen LogP contribution < -0.4 is 5.73 Å². The van der Waals surface area contributed by atoms with Crippen molar-refractivity contribution in [3.8, 4) is 0 Å². The number of fused-ring (bicyclic) bond motifs is 1. The Hall–Kier alpha value is -2.10. The van der Waals surface area contributed by atoms with Gasteiger partial charge in [0, 0.05) is 18.6 Å². The van der Waals surface area contributed by atoms with E-state index < -0.39 is 0 Å². The smallest absolute Gasteiger partial charge is 0.137 e. The van der Waals surface area contributed by atoms with Gasteiger partial charge in [0.05, 0.1) is 12.2 Å². The molecule has 2 aromatic rings. The van der Waals surface area contributed by atoms with Crippen molar-refractivity contribution in [3.63, 3.8) is 0 Å². The van der Waals surface area contributed by atoms with Crippen LogP contribution in [0.15, 0.2) is 41.3 Å². The Morgan fingerprint density at radius 2 is 2.32 bits per heavy atom. The third kappa shape index (κ3) is 2.67. The highest BCUT2D eigenvalue weighted by Crippen LogP contribution is 2.39. The third-order valence-electron chi connectivity index (χ3n) is 3.38. The summed E-state index contributed by atoms with van der Waals surface area (Å²) in [5.74, 6) is 0.769. The van der Waals surface area contributed by atoms with Crippen molar-refractivity contribution < 1.29 is 0 Å². The van der Waals surface area contributed by atoms with Crippen LogP contribution in [0.25, 0.3) is 5.65 Å². The number of aliphatic imine (C=N–C) groups is 1. The lowest BCUT2D eigenvalue weighted by molar-refractivity contribution is 1.02. The first-order chi connectivity index (χ1) is 9.26. The summed E-state index contributed by atoms with van der Waals surface area (Å²) in [6, 6.07) is 4.28. The number of nitrogens with zero attached hydrogens (tertiary/aromatic N) is 3. The average Bonchev–Trinajstić information content (AvgIpc) is 3.18. The molecule has 0 unspecified atom stereocenters. The third-order valence-corrected chi connectivity index (χ3v) is 3.38. The second-order valence-electron chi connectivity index (χ2n) is 5.11. The highest BCUT2D eigenvalue weighted by Gasteiger charge is 2.23. The Labute approximate surface area is 112 Å². The Kier molecular flexibility index (Phi) is 3.07. The molecule has 0 bridgehead atoms. The standard InChI is InChI=1S/C15H18N4/c1-11(6-16)7-17-8-14-10-19-9-13(12-2-3-12)4-5-15(19)18-14/h4-7,9-10,12H,2-3,8,16H2,1H3. The van der Waals surface area contributed by atoms with E-state index in [4.69, 9.17) is 5.73 Å². The van der Waals surface area contributed by atoms with Crippen LogP contribution in [-0.4, -0.2) is 15.6 Å². The second-order valence-corrected chi connectivity index (χ2v) is 5.11. The van der Waals surface area contributed by atoms with Gasteiger partial charge in [-0.1, -0.05) is 6.07 Å². The molecule has 98 valence electrons. The number of nitrogens with two attached hydrogens (primary N) is 1. The molecule has 1 fully saturated rings. The minimum Gasteiger partial charge on any atom is -0.404 e. The van der Waals surface area contributed by atoms with Crippen molar-refractivity contribution in [2.75, 3.05) is 0 Å². The predicted molar refractivity (Wildman–Crippen MR) is 77.3 cm³/mol. The molecule has 1 aliphatic carbocycles. The lowest BCUT2D eigenvalue weighted by atomic mass is 10.2. The quantitative estimate of drug-likeness (QED) is 0.853. The van der Waals surface area contributed by atoms with E-state index in [9.17, 15) is 0 Å². The van der Waals surface area contributed by atoms with Crippen LogP contribution in [-0.2, 0) is 6.54 Å². The first kappa shape index (κ1) is 12.0. The van der Waals surface area contributed by atoms with Gasteiger partial charge in [-0.15, -0.1) is 0 Å². The van der Waals surface area contributed by atoms with Crippen molar-refractivity contribution in [2.45, 2.75) is 32.2 Å². The van der Waals surface area contributed by atoms with E-state index in [1.54, 1.807) is 12.4 Å².